The van der Waals surface area contributed by atoms with Gasteiger partial charge in [0.25, 0.3) is 11.5 Å². The molecule has 9 nitrogen and oxygen atoms in total. The third kappa shape index (κ3) is 5.14. The van der Waals surface area contributed by atoms with Crippen LogP contribution in [0.2, 0.25) is 0 Å². The molecule has 2 aromatic heterocycles. The quantitative estimate of drug-likeness (QED) is 0.369. The molecule has 0 radical (unpaired) electrons. The number of rotatable bonds is 8. The molecule has 0 aliphatic heterocycles. The highest BCUT2D eigenvalue weighted by Crippen LogP contribution is 2.31. The maximum Gasteiger partial charge on any atom is 0.359 e. The van der Waals surface area contributed by atoms with E-state index in [9.17, 15) is 18.8 Å². The average molecular weight is 498 g/mol. The van der Waals surface area contributed by atoms with Gasteiger partial charge >= 0.3 is 5.97 Å². The third-order valence-electron chi connectivity index (χ3n) is 4.86. The first-order valence-corrected chi connectivity index (χ1v) is 11.3. The lowest BCUT2D eigenvalue weighted by atomic mass is 10.2. The highest BCUT2D eigenvalue weighted by Gasteiger charge is 2.23. The van der Waals surface area contributed by atoms with Crippen LogP contribution in [0.25, 0.3) is 16.5 Å². The van der Waals surface area contributed by atoms with E-state index in [1.165, 1.54) is 31.4 Å². The molecule has 0 atom stereocenters. The zero-order chi connectivity index (χ0) is 24.9. The Hall–Kier alpha value is -4.25. The van der Waals surface area contributed by atoms with Gasteiger partial charge in [0, 0.05) is 16.8 Å². The van der Waals surface area contributed by atoms with E-state index >= 15 is 0 Å². The van der Waals surface area contributed by atoms with E-state index in [2.05, 4.69) is 10.4 Å². The van der Waals surface area contributed by atoms with Crippen LogP contribution in [0.4, 0.5) is 9.39 Å². The van der Waals surface area contributed by atoms with E-state index < -0.39 is 23.3 Å². The van der Waals surface area contributed by atoms with Gasteiger partial charge < -0.3 is 19.5 Å². The topological polar surface area (TPSA) is 109 Å². The van der Waals surface area contributed by atoms with Crippen molar-refractivity contribution in [1.29, 1.82) is 0 Å². The molecule has 0 fully saturated rings. The molecule has 0 aliphatic rings. The molecule has 0 bridgehead atoms. The second kappa shape index (κ2) is 10.3. The molecule has 0 aliphatic carbocycles. The summed E-state index contributed by atoms with van der Waals surface area (Å²) in [4.78, 5) is 38.6. The summed E-state index contributed by atoms with van der Waals surface area (Å²) in [6.45, 7) is 1.41. The molecule has 0 saturated carbocycles. The second-order valence-electron chi connectivity index (χ2n) is 7.13. The Morgan fingerprint density at radius 2 is 1.91 bits per heavy atom. The Kier molecular flexibility index (Phi) is 7.06. The maximum absolute atomic E-state index is 13.4. The minimum absolute atomic E-state index is 0.0661. The van der Waals surface area contributed by atoms with Gasteiger partial charge in [0.05, 0.1) is 24.8 Å². The number of anilines is 1. The SMILES string of the molecule is CCOC(=O)c1nn(-c2cccc(OC)c2)c(=O)c2c(NC(=O)COc3ccc(F)cc3)scc12. The molecule has 0 spiro atoms. The largest absolute Gasteiger partial charge is 0.497 e. The number of aromatic nitrogens is 2. The fraction of sp³-hybridized carbons (Fsp3) is 0.167. The van der Waals surface area contributed by atoms with E-state index in [0.717, 1.165) is 16.0 Å². The number of esters is 1. The van der Waals surface area contributed by atoms with E-state index in [1.54, 1.807) is 36.6 Å². The van der Waals surface area contributed by atoms with Gasteiger partial charge in [-0.1, -0.05) is 6.07 Å². The number of hydrogen-bond acceptors (Lipinski definition) is 8. The third-order valence-corrected chi connectivity index (χ3v) is 5.75. The van der Waals surface area contributed by atoms with Gasteiger partial charge in [-0.05, 0) is 43.3 Å². The summed E-state index contributed by atoms with van der Waals surface area (Å²) in [7, 11) is 1.49. The summed E-state index contributed by atoms with van der Waals surface area (Å²) in [5.74, 6) is -0.868. The smallest absolute Gasteiger partial charge is 0.359 e. The Labute approximate surface area is 202 Å². The van der Waals surface area contributed by atoms with Gasteiger partial charge in [0.1, 0.15) is 22.3 Å². The first-order valence-electron chi connectivity index (χ1n) is 10.5. The number of methoxy groups -OCH3 is 1. The van der Waals surface area contributed by atoms with Gasteiger partial charge in [0.2, 0.25) is 0 Å². The van der Waals surface area contributed by atoms with Gasteiger partial charge in [-0.15, -0.1) is 11.3 Å². The molecule has 1 amide bonds. The molecule has 0 unspecified atom stereocenters. The van der Waals surface area contributed by atoms with Crippen molar-refractivity contribution in [1.82, 2.24) is 9.78 Å². The number of nitrogens with one attached hydrogen (secondary N) is 1. The van der Waals surface area contributed by atoms with Crippen molar-refractivity contribution >= 4 is 39.0 Å². The number of carbonyl (C=O) groups is 2. The van der Waals surface area contributed by atoms with Gasteiger partial charge in [-0.2, -0.15) is 9.78 Å². The highest BCUT2D eigenvalue weighted by atomic mass is 32.1. The summed E-state index contributed by atoms with van der Waals surface area (Å²) in [5.41, 5.74) is -0.245. The standard InChI is InChI=1S/C24H20FN3O6S/c1-3-33-24(31)21-18-13-35-22(26-19(29)12-34-16-9-7-14(25)8-10-16)20(18)23(30)28(27-21)15-5-4-6-17(11-15)32-2/h4-11,13H,3,12H2,1-2H3,(H,26,29). The Morgan fingerprint density at radius 1 is 1.14 bits per heavy atom. The van der Waals surface area contributed by atoms with E-state index in [1.807, 2.05) is 0 Å². The van der Waals surface area contributed by atoms with Crippen molar-refractivity contribution in [2.75, 3.05) is 25.6 Å². The Morgan fingerprint density at radius 3 is 2.63 bits per heavy atom. The number of halogens is 1. The molecule has 2 heterocycles. The minimum Gasteiger partial charge on any atom is -0.497 e. The molecular weight excluding hydrogens is 477 g/mol. The van der Waals surface area contributed by atoms with Crippen LogP contribution in [-0.2, 0) is 9.53 Å². The van der Waals surface area contributed by atoms with Crippen LogP contribution in [0.15, 0.2) is 58.7 Å². The Balaban J connectivity index is 1.72. The normalized spacial score (nSPS) is 10.7. The van der Waals surface area contributed by atoms with Crippen LogP contribution in [0, 0.1) is 5.82 Å². The summed E-state index contributed by atoms with van der Waals surface area (Å²) in [6.07, 6.45) is 0. The van der Waals surface area contributed by atoms with Crippen molar-refractivity contribution in [2.24, 2.45) is 0 Å². The van der Waals surface area contributed by atoms with Crippen LogP contribution in [0.1, 0.15) is 17.4 Å². The van der Waals surface area contributed by atoms with Crippen molar-refractivity contribution in [3.05, 3.63) is 75.8 Å². The fourth-order valence-corrected chi connectivity index (χ4v) is 4.20. The van der Waals surface area contributed by atoms with Crippen LogP contribution >= 0.6 is 11.3 Å². The van der Waals surface area contributed by atoms with Crippen molar-refractivity contribution in [3.8, 4) is 17.2 Å². The van der Waals surface area contributed by atoms with Crippen LogP contribution in [0.3, 0.4) is 0 Å². The van der Waals surface area contributed by atoms with E-state index in [0.29, 0.717) is 17.2 Å². The number of amides is 1. The molecule has 1 N–H and O–H groups in total. The lowest BCUT2D eigenvalue weighted by Gasteiger charge is -2.11. The lowest BCUT2D eigenvalue weighted by molar-refractivity contribution is -0.118. The summed E-state index contributed by atoms with van der Waals surface area (Å²) in [6, 6.07) is 11.8. The maximum atomic E-state index is 13.4. The summed E-state index contributed by atoms with van der Waals surface area (Å²) < 4.78 is 29.8. The van der Waals surface area contributed by atoms with Gasteiger partial charge in [-0.25, -0.2) is 9.18 Å². The zero-order valence-electron chi connectivity index (χ0n) is 18.7. The number of fused-ring (bicyclic) bond motifs is 1. The van der Waals surface area contributed by atoms with E-state index in [4.69, 9.17) is 14.2 Å². The first-order chi connectivity index (χ1) is 16.9. The number of hydrogen-bond donors (Lipinski definition) is 1. The molecule has 180 valence electrons. The summed E-state index contributed by atoms with van der Waals surface area (Å²) in [5, 5.41) is 9.04. The molecule has 11 heteroatoms. The predicted octanol–water partition coefficient (Wildman–Crippen LogP) is 3.79. The summed E-state index contributed by atoms with van der Waals surface area (Å²) >= 11 is 1.07. The fourth-order valence-electron chi connectivity index (χ4n) is 3.25. The van der Waals surface area contributed by atoms with Gasteiger partial charge in [0.15, 0.2) is 12.3 Å². The second-order valence-corrected chi connectivity index (χ2v) is 8.01. The highest BCUT2D eigenvalue weighted by molar-refractivity contribution is 7.16. The number of benzene rings is 2. The molecular formula is C24H20FN3O6S. The lowest BCUT2D eigenvalue weighted by Crippen LogP contribution is -2.26. The van der Waals surface area contributed by atoms with Crippen LogP contribution < -0.4 is 20.3 Å². The zero-order valence-corrected chi connectivity index (χ0v) is 19.6. The number of carbonyl (C=O) groups excluding carboxylic acids is 2. The monoisotopic (exact) mass is 497 g/mol. The predicted molar refractivity (Wildman–Crippen MR) is 128 cm³/mol. The Bertz CT molecular complexity index is 1450. The molecule has 35 heavy (non-hydrogen) atoms. The molecule has 4 aromatic rings. The van der Waals surface area contributed by atoms with Crippen LogP contribution in [-0.4, -0.2) is 42.0 Å². The average Bonchev–Trinajstić information content (AvgIpc) is 3.28. The molecule has 4 rings (SSSR count). The number of ether oxygens (including phenoxy) is 3. The molecule has 0 saturated heterocycles. The number of nitrogens with zero attached hydrogens (tertiary/aromatic N) is 2. The molecule has 2 aromatic carbocycles. The first kappa shape index (κ1) is 23.9. The van der Waals surface area contributed by atoms with Crippen molar-refractivity contribution in [2.45, 2.75) is 6.92 Å². The van der Waals surface area contributed by atoms with Gasteiger partial charge in [-0.3, -0.25) is 9.59 Å². The minimum atomic E-state index is -0.704. The number of thiophene rings is 1. The van der Waals surface area contributed by atoms with Crippen molar-refractivity contribution < 1.29 is 28.2 Å². The van der Waals surface area contributed by atoms with Crippen LogP contribution in [0.5, 0.6) is 11.5 Å². The van der Waals surface area contributed by atoms with E-state index in [-0.39, 0.29) is 34.7 Å². The van der Waals surface area contributed by atoms with Crippen molar-refractivity contribution in [3.63, 3.8) is 0 Å².